The van der Waals surface area contributed by atoms with Crippen LogP contribution in [0.15, 0.2) is 36.4 Å². The molecule has 0 saturated carbocycles. The maximum Gasteiger partial charge on any atom is 0.254 e. The standard InChI is InChI=1S/C25H26N4O3/c1-15-10-16(2)22(11-21(15)23-17(3)24(28-27-23)32-9-8-30)25(31)29-13-20(14-29)19-6-4-18(12-26)5-7-19/h4-7,10-11,20,30H,8-9,13-14H2,1-3H3,(H,27,28). The monoisotopic (exact) mass is 430 g/mol. The number of nitrogens with one attached hydrogen (secondary N) is 1. The largest absolute Gasteiger partial charge is 0.474 e. The Hall–Kier alpha value is -3.63. The summed E-state index contributed by atoms with van der Waals surface area (Å²) in [5, 5.41) is 25.2. The van der Waals surface area contributed by atoms with Gasteiger partial charge in [0.05, 0.1) is 23.9 Å². The number of nitrogens with zero attached hydrogens (tertiary/aromatic N) is 3. The van der Waals surface area contributed by atoms with E-state index in [4.69, 9.17) is 15.1 Å². The molecule has 2 heterocycles. The molecule has 0 bridgehead atoms. The molecular formula is C25H26N4O3. The Morgan fingerprint density at radius 3 is 2.59 bits per heavy atom. The molecule has 2 aromatic carbocycles. The Balaban J connectivity index is 1.54. The van der Waals surface area contributed by atoms with Crippen molar-refractivity contribution in [1.82, 2.24) is 15.1 Å². The lowest BCUT2D eigenvalue weighted by molar-refractivity contribution is 0.0601. The number of aromatic nitrogens is 2. The van der Waals surface area contributed by atoms with Crippen molar-refractivity contribution in [3.63, 3.8) is 0 Å². The van der Waals surface area contributed by atoms with Crippen molar-refractivity contribution < 1.29 is 14.6 Å². The van der Waals surface area contributed by atoms with E-state index in [1.165, 1.54) is 0 Å². The maximum atomic E-state index is 13.3. The van der Waals surface area contributed by atoms with Gasteiger partial charge in [-0.2, -0.15) is 5.26 Å². The van der Waals surface area contributed by atoms with Crippen LogP contribution >= 0.6 is 0 Å². The zero-order chi connectivity index (χ0) is 22.8. The predicted molar refractivity (Wildman–Crippen MR) is 121 cm³/mol. The highest BCUT2D eigenvalue weighted by molar-refractivity contribution is 5.98. The van der Waals surface area contributed by atoms with Crippen LogP contribution in [0.25, 0.3) is 11.3 Å². The van der Waals surface area contributed by atoms with Gasteiger partial charge in [-0.15, -0.1) is 5.10 Å². The summed E-state index contributed by atoms with van der Waals surface area (Å²) in [4.78, 5) is 15.1. The minimum atomic E-state index is -0.0802. The van der Waals surface area contributed by atoms with E-state index in [0.717, 1.165) is 33.5 Å². The average Bonchev–Trinajstić information content (AvgIpc) is 3.11. The SMILES string of the molecule is Cc1cc(C)c(-c2[nH]nc(OCCO)c2C)cc1C(=O)N1CC(c2ccc(C#N)cc2)C1. The first-order valence-electron chi connectivity index (χ1n) is 10.6. The van der Waals surface area contributed by atoms with Gasteiger partial charge in [0.1, 0.15) is 6.61 Å². The van der Waals surface area contributed by atoms with Crippen LogP contribution in [0.1, 0.15) is 44.1 Å². The molecule has 1 aromatic heterocycles. The van der Waals surface area contributed by atoms with Crippen molar-refractivity contribution in [3.8, 4) is 23.2 Å². The number of ether oxygens (including phenoxy) is 1. The van der Waals surface area contributed by atoms with Gasteiger partial charge in [0.2, 0.25) is 5.88 Å². The van der Waals surface area contributed by atoms with Crippen LogP contribution in [0.4, 0.5) is 0 Å². The van der Waals surface area contributed by atoms with Crippen molar-refractivity contribution in [2.45, 2.75) is 26.7 Å². The summed E-state index contributed by atoms with van der Waals surface area (Å²) in [6, 6.07) is 13.7. The molecule has 1 aliphatic heterocycles. The Morgan fingerprint density at radius 1 is 1.22 bits per heavy atom. The summed E-state index contributed by atoms with van der Waals surface area (Å²) in [5.74, 6) is 0.760. The van der Waals surface area contributed by atoms with E-state index < -0.39 is 0 Å². The molecule has 0 unspecified atom stereocenters. The lowest BCUT2D eigenvalue weighted by Crippen LogP contribution is -2.48. The normalized spacial score (nSPS) is 13.5. The highest BCUT2D eigenvalue weighted by Crippen LogP contribution is 2.34. The summed E-state index contributed by atoms with van der Waals surface area (Å²) in [6.45, 7) is 7.29. The molecule has 1 aliphatic rings. The lowest BCUT2D eigenvalue weighted by Gasteiger charge is -2.40. The van der Waals surface area contributed by atoms with Gasteiger partial charge in [0.25, 0.3) is 5.91 Å². The van der Waals surface area contributed by atoms with Crippen LogP contribution in [0.5, 0.6) is 5.88 Å². The van der Waals surface area contributed by atoms with Crippen molar-refractivity contribution in [1.29, 1.82) is 5.26 Å². The van der Waals surface area contributed by atoms with E-state index in [1.807, 2.05) is 62.1 Å². The molecule has 164 valence electrons. The van der Waals surface area contributed by atoms with Gasteiger partial charge in [-0.3, -0.25) is 9.89 Å². The first kappa shape index (κ1) is 21.6. The van der Waals surface area contributed by atoms with Crippen LogP contribution in [-0.2, 0) is 0 Å². The molecule has 0 atom stereocenters. The molecule has 1 amide bonds. The van der Waals surface area contributed by atoms with E-state index in [0.29, 0.717) is 30.1 Å². The summed E-state index contributed by atoms with van der Waals surface area (Å²) in [7, 11) is 0. The summed E-state index contributed by atoms with van der Waals surface area (Å²) >= 11 is 0. The predicted octanol–water partition coefficient (Wildman–Crippen LogP) is 3.48. The second-order valence-electron chi connectivity index (χ2n) is 8.22. The molecule has 7 nitrogen and oxygen atoms in total. The third-order valence-corrected chi connectivity index (χ3v) is 6.05. The molecule has 4 rings (SSSR count). The molecule has 0 spiro atoms. The molecule has 3 aromatic rings. The van der Waals surface area contributed by atoms with E-state index in [2.05, 4.69) is 16.3 Å². The highest BCUT2D eigenvalue weighted by atomic mass is 16.5. The topological polar surface area (TPSA) is 102 Å². The number of amides is 1. The molecule has 7 heteroatoms. The fraction of sp³-hybridized carbons (Fsp3) is 0.320. The van der Waals surface area contributed by atoms with Gasteiger partial charge < -0.3 is 14.7 Å². The molecule has 0 aliphatic carbocycles. The number of aliphatic hydroxyl groups is 1. The number of aryl methyl sites for hydroxylation is 2. The minimum absolute atomic E-state index is 0.0163. The van der Waals surface area contributed by atoms with Gasteiger partial charge >= 0.3 is 0 Å². The Labute approximate surface area is 187 Å². The Morgan fingerprint density at radius 2 is 1.94 bits per heavy atom. The fourth-order valence-corrected chi connectivity index (χ4v) is 4.13. The zero-order valence-corrected chi connectivity index (χ0v) is 18.5. The Bertz CT molecular complexity index is 1190. The maximum absolute atomic E-state index is 13.3. The summed E-state index contributed by atoms with van der Waals surface area (Å²) in [6.07, 6.45) is 0. The molecule has 1 saturated heterocycles. The Kier molecular flexibility index (Phi) is 5.97. The molecule has 1 fully saturated rings. The molecule has 2 N–H and O–H groups in total. The number of carbonyl (C=O) groups excluding carboxylic acids is 1. The van der Waals surface area contributed by atoms with Crippen molar-refractivity contribution in [3.05, 3.63) is 69.8 Å². The fourth-order valence-electron chi connectivity index (χ4n) is 4.13. The first-order valence-corrected chi connectivity index (χ1v) is 10.6. The van der Waals surface area contributed by atoms with Crippen LogP contribution in [-0.4, -0.2) is 52.4 Å². The molecule has 0 radical (unpaired) electrons. The van der Waals surface area contributed by atoms with Crippen molar-refractivity contribution in [2.75, 3.05) is 26.3 Å². The number of benzene rings is 2. The third kappa shape index (κ3) is 3.97. The minimum Gasteiger partial charge on any atom is -0.474 e. The van der Waals surface area contributed by atoms with Crippen LogP contribution < -0.4 is 4.74 Å². The third-order valence-electron chi connectivity index (χ3n) is 6.05. The summed E-state index contributed by atoms with van der Waals surface area (Å²) < 4.78 is 5.48. The van der Waals surface area contributed by atoms with Crippen molar-refractivity contribution >= 4 is 5.91 Å². The summed E-state index contributed by atoms with van der Waals surface area (Å²) in [5.41, 5.74) is 7.01. The van der Waals surface area contributed by atoms with Gasteiger partial charge in [-0.25, -0.2) is 0 Å². The second kappa shape index (κ2) is 8.85. The van der Waals surface area contributed by atoms with E-state index in [9.17, 15) is 4.79 Å². The van der Waals surface area contributed by atoms with Gasteiger partial charge in [0.15, 0.2) is 0 Å². The number of likely N-dealkylation sites (tertiary alicyclic amines) is 1. The van der Waals surface area contributed by atoms with Crippen LogP contribution in [0, 0.1) is 32.1 Å². The lowest BCUT2D eigenvalue weighted by atomic mass is 9.89. The quantitative estimate of drug-likeness (QED) is 0.623. The number of carbonyl (C=O) groups is 1. The van der Waals surface area contributed by atoms with E-state index >= 15 is 0 Å². The number of aromatic amines is 1. The number of hydrogen-bond acceptors (Lipinski definition) is 5. The van der Waals surface area contributed by atoms with Crippen LogP contribution in [0.3, 0.4) is 0 Å². The number of rotatable bonds is 6. The van der Waals surface area contributed by atoms with Gasteiger partial charge in [0, 0.05) is 35.7 Å². The van der Waals surface area contributed by atoms with E-state index in [1.54, 1.807) is 0 Å². The van der Waals surface area contributed by atoms with Gasteiger partial charge in [-0.05, 0) is 55.7 Å². The van der Waals surface area contributed by atoms with E-state index in [-0.39, 0.29) is 25.0 Å². The zero-order valence-electron chi connectivity index (χ0n) is 18.5. The van der Waals surface area contributed by atoms with Crippen molar-refractivity contribution in [2.24, 2.45) is 0 Å². The highest BCUT2D eigenvalue weighted by Gasteiger charge is 2.33. The number of nitriles is 1. The number of aliphatic hydroxyl groups excluding tert-OH is 1. The second-order valence-corrected chi connectivity index (χ2v) is 8.22. The van der Waals surface area contributed by atoms with Gasteiger partial charge in [-0.1, -0.05) is 18.2 Å². The molecular weight excluding hydrogens is 404 g/mol. The smallest absolute Gasteiger partial charge is 0.254 e. The molecule has 32 heavy (non-hydrogen) atoms. The average molecular weight is 431 g/mol. The number of hydrogen-bond donors (Lipinski definition) is 2. The first-order chi connectivity index (χ1) is 15.4. The number of H-pyrrole nitrogens is 1. The van der Waals surface area contributed by atoms with Crippen LogP contribution in [0.2, 0.25) is 0 Å².